The van der Waals surface area contributed by atoms with Gasteiger partial charge in [0, 0.05) is 5.56 Å². The highest BCUT2D eigenvalue weighted by Gasteiger charge is 2.41. The zero-order valence-corrected chi connectivity index (χ0v) is 14.1. The maximum absolute atomic E-state index is 12.8. The molecule has 0 spiro atoms. The summed E-state index contributed by atoms with van der Waals surface area (Å²) in [7, 11) is 0. The van der Waals surface area contributed by atoms with Gasteiger partial charge in [-0.25, -0.2) is 0 Å². The molecule has 1 saturated heterocycles. The second-order valence-corrected chi connectivity index (χ2v) is 7.11. The van der Waals surface area contributed by atoms with Gasteiger partial charge in [0.15, 0.2) is 5.78 Å². The number of ether oxygens (including phenoxy) is 1. The fourth-order valence-corrected chi connectivity index (χ4v) is 3.20. The molecule has 4 unspecified atom stereocenters. The first-order chi connectivity index (χ1) is 9.77. The molecule has 0 N–H and O–H groups in total. The molecular weight excluding hydrogens is 260 g/mol. The summed E-state index contributed by atoms with van der Waals surface area (Å²) in [6.07, 6.45) is 1.25. The van der Waals surface area contributed by atoms with Crippen molar-refractivity contribution in [3.63, 3.8) is 0 Å². The van der Waals surface area contributed by atoms with Crippen molar-refractivity contribution in [3.05, 3.63) is 35.4 Å². The summed E-state index contributed by atoms with van der Waals surface area (Å²) in [5, 5.41) is 0. The van der Waals surface area contributed by atoms with E-state index in [0.717, 1.165) is 12.0 Å². The molecule has 21 heavy (non-hydrogen) atoms. The number of Topliss-reactive ketones (excluding diaryl/α,β-unsaturated/α-hetero) is 1. The Hall–Kier alpha value is -1.15. The van der Waals surface area contributed by atoms with Crippen molar-refractivity contribution < 1.29 is 9.53 Å². The van der Waals surface area contributed by atoms with Crippen LogP contribution in [0, 0.1) is 11.8 Å². The van der Waals surface area contributed by atoms with Gasteiger partial charge < -0.3 is 4.74 Å². The fourth-order valence-electron chi connectivity index (χ4n) is 3.20. The molecule has 1 aliphatic rings. The Bertz CT molecular complexity index is 501. The number of hydrogen-bond acceptors (Lipinski definition) is 2. The topological polar surface area (TPSA) is 26.3 Å². The van der Waals surface area contributed by atoms with Gasteiger partial charge in [0.1, 0.15) is 0 Å². The van der Waals surface area contributed by atoms with Gasteiger partial charge in [-0.1, -0.05) is 52.0 Å². The number of carbonyl (C=O) groups is 1. The zero-order valence-electron chi connectivity index (χ0n) is 14.1. The molecule has 0 amide bonds. The predicted octanol–water partition coefficient (Wildman–Crippen LogP) is 4.62. The highest BCUT2D eigenvalue weighted by atomic mass is 16.5. The first-order valence-corrected chi connectivity index (χ1v) is 8.08. The quantitative estimate of drug-likeness (QED) is 0.756. The Morgan fingerprint density at radius 2 is 1.67 bits per heavy atom. The molecule has 2 rings (SSSR count). The lowest BCUT2D eigenvalue weighted by atomic mass is 9.80. The molecule has 0 radical (unpaired) electrons. The Kier molecular flexibility index (Phi) is 4.57. The van der Waals surface area contributed by atoms with Crippen molar-refractivity contribution in [2.45, 2.75) is 65.6 Å². The summed E-state index contributed by atoms with van der Waals surface area (Å²) < 4.78 is 5.80. The van der Waals surface area contributed by atoms with E-state index in [1.54, 1.807) is 0 Å². The van der Waals surface area contributed by atoms with Crippen LogP contribution >= 0.6 is 0 Å². The highest BCUT2D eigenvalue weighted by molar-refractivity contribution is 5.98. The molecule has 116 valence electrons. The van der Waals surface area contributed by atoms with Crippen LogP contribution in [0.2, 0.25) is 0 Å². The van der Waals surface area contributed by atoms with Gasteiger partial charge in [0.25, 0.3) is 0 Å². The first-order valence-electron chi connectivity index (χ1n) is 8.08. The summed E-state index contributed by atoms with van der Waals surface area (Å²) >= 11 is 0. The van der Waals surface area contributed by atoms with Crippen molar-refractivity contribution in [2.24, 2.45) is 11.8 Å². The van der Waals surface area contributed by atoms with E-state index < -0.39 is 0 Å². The van der Waals surface area contributed by atoms with Crippen molar-refractivity contribution >= 4 is 5.78 Å². The third-order valence-electron chi connectivity index (χ3n) is 5.38. The Labute approximate surface area is 128 Å². The van der Waals surface area contributed by atoms with Gasteiger partial charge in [-0.3, -0.25) is 4.79 Å². The predicted molar refractivity (Wildman–Crippen MR) is 86.8 cm³/mol. The van der Waals surface area contributed by atoms with Crippen LogP contribution in [-0.2, 0) is 10.2 Å². The molecule has 1 fully saturated rings. The molecule has 1 aliphatic heterocycles. The molecule has 0 aliphatic carbocycles. The standard InChI is InChI=1S/C19H28O2/c1-7-19(5,6)16-10-8-15(9-11-16)18(20)17-12(2)13(3)21-14(17)4/h8-14,17H,7H2,1-6H3. The minimum atomic E-state index is -0.0231. The second kappa shape index (κ2) is 5.92. The van der Waals surface area contributed by atoms with Crippen LogP contribution in [-0.4, -0.2) is 18.0 Å². The summed E-state index contributed by atoms with van der Waals surface area (Å²) in [6, 6.07) is 8.17. The SMILES string of the molecule is CCC(C)(C)c1ccc(C(=O)C2C(C)OC(C)C2C)cc1. The molecule has 0 bridgehead atoms. The monoisotopic (exact) mass is 288 g/mol. The fraction of sp³-hybridized carbons (Fsp3) is 0.632. The van der Waals surface area contributed by atoms with E-state index in [2.05, 4.69) is 46.8 Å². The smallest absolute Gasteiger partial charge is 0.168 e. The number of rotatable bonds is 4. The largest absolute Gasteiger partial charge is 0.374 e. The van der Waals surface area contributed by atoms with Crippen molar-refractivity contribution in [3.8, 4) is 0 Å². The van der Waals surface area contributed by atoms with Gasteiger partial charge in [-0.2, -0.15) is 0 Å². The van der Waals surface area contributed by atoms with Crippen molar-refractivity contribution in [2.75, 3.05) is 0 Å². The van der Waals surface area contributed by atoms with Crippen LogP contribution in [0.4, 0.5) is 0 Å². The van der Waals surface area contributed by atoms with E-state index in [9.17, 15) is 4.79 Å². The van der Waals surface area contributed by atoms with Crippen LogP contribution in [0.3, 0.4) is 0 Å². The van der Waals surface area contributed by atoms with Gasteiger partial charge in [0.2, 0.25) is 0 Å². The molecule has 2 nitrogen and oxygen atoms in total. The van der Waals surface area contributed by atoms with Gasteiger partial charge in [-0.05, 0) is 37.2 Å². The van der Waals surface area contributed by atoms with E-state index in [4.69, 9.17) is 4.74 Å². The van der Waals surface area contributed by atoms with Gasteiger partial charge in [0.05, 0.1) is 18.1 Å². The van der Waals surface area contributed by atoms with E-state index in [1.165, 1.54) is 5.56 Å². The van der Waals surface area contributed by atoms with Crippen LogP contribution in [0.5, 0.6) is 0 Å². The summed E-state index contributed by atoms with van der Waals surface area (Å²) in [6.45, 7) is 12.9. The van der Waals surface area contributed by atoms with Crippen LogP contribution in [0.15, 0.2) is 24.3 Å². The lowest BCUT2D eigenvalue weighted by molar-refractivity contribution is 0.0491. The van der Waals surface area contributed by atoms with Gasteiger partial charge in [-0.15, -0.1) is 0 Å². The van der Waals surface area contributed by atoms with Crippen LogP contribution in [0.25, 0.3) is 0 Å². The minimum absolute atomic E-state index is 0.00857. The highest BCUT2D eigenvalue weighted by Crippen LogP contribution is 2.35. The molecule has 1 aromatic carbocycles. The van der Waals surface area contributed by atoms with E-state index in [1.807, 2.05) is 19.1 Å². The molecule has 1 aromatic rings. The molecule has 1 heterocycles. The summed E-state index contributed by atoms with van der Waals surface area (Å²) in [4.78, 5) is 12.8. The average Bonchev–Trinajstić information content (AvgIpc) is 2.71. The van der Waals surface area contributed by atoms with Crippen molar-refractivity contribution in [1.29, 1.82) is 0 Å². The molecule has 0 saturated carbocycles. The normalized spacial score (nSPS) is 29.6. The number of benzene rings is 1. The molecular formula is C19H28O2. The Morgan fingerprint density at radius 1 is 1.10 bits per heavy atom. The number of hydrogen-bond donors (Lipinski definition) is 0. The summed E-state index contributed by atoms with van der Waals surface area (Å²) in [5.41, 5.74) is 2.26. The summed E-state index contributed by atoms with van der Waals surface area (Å²) in [5.74, 6) is 0.476. The molecule has 4 atom stereocenters. The zero-order chi connectivity index (χ0) is 15.8. The maximum atomic E-state index is 12.8. The second-order valence-electron chi connectivity index (χ2n) is 7.11. The van der Waals surface area contributed by atoms with Crippen LogP contribution < -0.4 is 0 Å². The lowest BCUT2D eigenvalue weighted by Gasteiger charge is -2.24. The van der Waals surface area contributed by atoms with Crippen molar-refractivity contribution in [1.82, 2.24) is 0 Å². The third-order valence-corrected chi connectivity index (χ3v) is 5.38. The average molecular weight is 288 g/mol. The van der Waals surface area contributed by atoms with E-state index in [0.29, 0.717) is 0 Å². The van der Waals surface area contributed by atoms with E-state index >= 15 is 0 Å². The third kappa shape index (κ3) is 3.06. The van der Waals surface area contributed by atoms with E-state index in [-0.39, 0.29) is 35.2 Å². The molecule has 2 heteroatoms. The van der Waals surface area contributed by atoms with Crippen LogP contribution in [0.1, 0.15) is 63.9 Å². The Morgan fingerprint density at radius 3 is 2.10 bits per heavy atom. The maximum Gasteiger partial charge on any atom is 0.168 e. The van der Waals surface area contributed by atoms with Gasteiger partial charge >= 0.3 is 0 Å². The first kappa shape index (κ1) is 16.2. The number of ketones is 1. The lowest BCUT2D eigenvalue weighted by Crippen LogP contribution is -2.27. The Balaban J connectivity index is 2.21. The number of carbonyl (C=O) groups excluding carboxylic acids is 1. The molecule has 0 aromatic heterocycles. The minimum Gasteiger partial charge on any atom is -0.374 e.